The Morgan fingerprint density at radius 3 is 2.62 bits per heavy atom. The van der Waals surface area contributed by atoms with Gasteiger partial charge in [-0.05, 0) is 47.6 Å². The smallest absolute Gasteiger partial charge is 0.337 e. The monoisotopic (exact) mass is 478 g/mol. The number of carbonyl (C=O) groups is 2. The van der Waals surface area contributed by atoms with Gasteiger partial charge >= 0.3 is 5.97 Å². The van der Waals surface area contributed by atoms with Gasteiger partial charge < -0.3 is 15.7 Å². The van der Waals surface area contributed by atoms with E-state index in [4.69, 9.17) is 23.2 Å². The normalized spacial score (nSPS) is 24.6. The van der Waals surface area contributed by atoms with Crippen molar-refractivity contribution in [2.45, 2.75) is 51.0 Å². The molecule has 0 aliphatic carbocycles. The molecule has 2 aromatic carbocycles. The molecule has 2 heterocycles. The van der Waals surface area contributed by atoms with Gasteiger partial charge in [0.05, 0.1) is 21.0 Å². The average molecular weight is 479 g/mol. The third kappa shape index (κ3) is 3.58. The summed E-state index contributed by atoms with van der Waals surface area (Å²) in [7, 11) is 0. The summed E-state index contributed by atoms with van der Waals surface area (Å²) >= 11 is 12.3. The topological polar surface area (TPSA) is 78.4 Å². The summed E-state index contributed by atoms with van der Waals surface area (Å²) in [6.45, 7) is 6.71. The van der Waals surface area contributed by atoms with Crippen molar-refractivity contribution in [3.05, 3.63) is 62.9 Å². The van der Waals surface area contributed by atoms with Crippen molar-refractivity contribution < 1.29 is 19.1 Å². The zero-order valence-electron chi connectivity index (χ0n) is 18.1. The Labute approximate surface area is 196 Å². The SMILES string of the molecule is CC(C)(C)CC[C@@H]1NC[C@H](c2cccc(Cl)c2F)[C@]12C(=O)Nc1cc(Cl)c(C(=O)O)cc12. The Balaban J connectivity index is 1.94. The Morgan fingerprint density at radius 1 is 1.25 bits per heavy atom. The number of amides is 1. The molecule has 1 fully saturated rings. The number of rotatable bonds is 4. The molecule has 4 rings (SSSR count). The van der Waals surface area contributed by atoms with Crippen LogP contribution in [-0.2, 0) is 10.2 Å². The molecule has 8 heteroatoms. The van der Waals surface area contributed by atoms with E-state index in [1.807, 2.05) is 0 Å². The van der Waals surface area contributed by atoms with Crippen LogP contribution in [0, 0.1) is 11.2 Å². The highest BCUT2D eigenvalue weighted by Crippen LogP contribution is 2.55. The van der Waals surface area contributed by atoms with Crippen molar-refractivity contribution in [1.82, 2.24) is 5.32 Å². The van der Waals surface area contributed by atoms with Crippen LogP contribution in [0.25, 0.3) is 0 Å². The standard InChI is InChI=1S/C24H25Cl2FN2O3/c1-23(2,3)8-7-19-24(15(11-28-19)12-5-4-6-16(25)20(12)27)14-9-13(21(30)31)17(26)10-18(14)29-22(24)32/h4-6,9-10,15,19,28H,7-8,11H2,1-3H3,(H,29,32)(H,30,31)/t15-,19+,24+/m1/s1. The molecular weight excluding hydrogens is 454 g/mol. The van der Waals surface area contributed by atoms with Gasteiger partial charge in [0.15, 0.2) is 0 Å². The van der Waals surface area contributed by atoms with Crippen LogP contribution in [0.5, 0.6) is 0 Å². The van der Waals surface area contributed by atoms with Crippen LogP contribution in [0.3, 0.4) is 0 Å². The molecule has 1 saturated heterocycles. The van der Waals surface area contributed by atoms with Gasteiger partial charge in [-0.3, -0.25) is 4.79 Å². The zero-order chi connectivity index (χ0) is 23.4. The molecule has 170 valence electrons. The molecule has 3 N–H and O–H groups in total. The van der Waals surface area contributed by atoms with Gasteiger partial charge in [-0.1, -0.05) is 56.1 Å². The molecule has 1 spiro atoms. The van der Waals surface area contributed by atoms with Gasteiger partial charge in [-0.25, -0.2) is 9.18 Å². The minimum Gasteiger partial charge on any atom is -0.478 e. The highest BCUT2D eigenvalue weighted by atomic mass is 35.5. The molecule has 0 unspecified atom stereocenters. The van der Waals surface area contributed by atoms with Gasteiger partial charge in [0.25, 0.3) is 0 Å². The van der Waals surface area contributed by atoms with Gasteiger partial charge in [0.1, 0.15) is 5.82 Å². The van der Waals surface area contributed by atoms with E-state index in [0.717, 1.165) is 6.42 Å². The lowest BCUT2D eigenvalue weighted by molar-refractivity contribution is -0.121. The number of carbonyl (C=O) groups excluding carboxylic acids is 1. The van der Waals surface area contributed by atoms with Crippen molar-refractivity contribution in [3.8, 4) is 0 Å². The zero-order valence-corrected chi connectivity index (χ0v) is 19.6. The maximum absolute atomic E-state index is 15.2. The lowest BCUT2D eigenvalue weighted by Crippen LogP contribution is -2.48. The molecule has 0 radical (unpaired) electrons. The summed E-state index contributed by atoms with van der Waals surface area (Å²) in [5.41, 5.74) is 0.0541. The molecule has 32 heavy (non-hydrogen) atoms. The number of aromatic carboxylic acids is 1. The number of hydrogen-bond donors (Lipinski definition) is 3. The fourth-order valence-corrected chi connectivity index (χ4v) is 5.53. The Morgan fingerprint density at radius 2 is 1.97 bits per heavy atom. The van der Waals surface area contributed by atoms with Crippen LogP contribution in [0.1, 0.15) is 61.0 Å². The second-order valence-corrected chi connectivity index (χ2v) is 10.6. The third-order valence-electron chi connectivity index (χ3n) is 6.61. The van der Waals surface area contributed by atoms with E-state index in [1.54, 1.807) is 12.1 Å². The predicted octanol–water partition coefficient (Wildman–Crippen LogP) is 5.60. The van der Waals surface area contributed by atoms with Crippen molar-refractivity contribution in [2.75, 3.05) is 11.9 Å². The van der Waals surface area contributed by atoms with Crippen molar-refractivity contribution in [2.24, 2.45) is 5.41 Å². The van der Waals surface area contributed by atoms with Gasteiger partial charge in [0.2, 0.25) is 5.91 Å². The number of benzene rings is 2. The Bertz CT molecular complexity index is 1120. The molecule has 0 aromatic heterocycles. The number of anilines is 1. The maximum atomic E-state index is 15.2. The molecule has 1 amide bonds. The van der Waals surface area contributed by atoms with Crippen LogP contribution in [0.2, 0.25) is 10.0 Å². The number of halogens is 3. The van der Waals surface area contributed by atoms with Crippen LogP contribution >= 0.6 is 23.2 Å². The van der Waals surface area contributed by atoms with E-state index in [-0.39, 0.29) is 33.0 Å². The Kier molecular flexibility index (Phi) is 5.76. The average Bonchev–Trinajstić information content (AvgIpc) is 3.20. The van der Waals surface area contributed by atoms with Crippen LogP contribution in [0.15, 0.2) is 30.3 Å². The summed E-state index contributed by atoms with van der Waals surface area (Å²) in [5.74, 6) is -2.62. The molecular formula is C24H25Cl2FN2O3. The summed E-state index contributed by atoms with van der Waals surface area (Å²) in [5, 5.41) is 16.0. The van der Waals surface area contributed by atoms with E-state index in [2.05, 4.69) is 31.4 Å². The van der Waals surface area contributed by atoms with Crippen molar-refractivity contribution in [3.63, 3.8) is 0 Å². The summed E-state index contributed by atoms with van der Waals surface area (Å²) in [6.07, 6.45) is 1.47. The summed E-state index contributed by atoms with van der Waals surface area (Å²) in [6, 6.07) is 7.38. The quantitative estimate of drug-likeness (QED) is 0.533. The third-order valence-corrected chi connectivity index (χ3v) is 7.22. The van der Waals surface area contributed by atoms with E-state index >= 15 is 4.39 Å². The van der Waals surface area contributed by atoms with Crippen LogP contribution in [-0.4, -0.2) is 29.6 Å². The lowest BCUT2D eigenvalue weighted by Gasteiger charge is -2.36. The second-order valence-electron chi connectivity index (χ2n) is 9.76. The largest absolute Gasteiger partial charge is 0.478 e. The Hall–Kier alpha value is -2.15. The second kappa shape index (κ2) is 8.01. The molecule has 2 aliphatic heterocycles. The first-order chi connectivity index (χ1) is 15.0. The fourth-order valence-electron chi connectivity index (χ4n) is 5.10. The van der Waals surface area contributed by atoms with Crippen molar-refractivity contribution >= 4 is 40.8 Å². The van der Waals surface area contributed by atoms with Crippen LogP contribution < -0.4 is 10.6 Å². The van der Waals surface area contributed by atoms with Gasteiger partial charge in [0, 0.05) is 24.2 Å². The minimum absolute atomic E-state index is 0.0169. The molecule has 0 bridgehead atoms. The van der Waals surface area contributed by atoms with E-state index < -0.39 is 23.1 Å². The first-order valence-corrected chi connectivity index (χ1v) is 11.3. The lowest BCUT2D eigenvalue weighted by atomic mass is 9.64. The minimum atomic E-state index is -1.19. The molecule has 2 aromatic rings. The van der Waals surface area contributed by atoms with Gasteiger partial charge in [-0.2, -0.15) is 0 Å². The number of fused-ring (bicyclic) bond motifs is 2. The number of nitrogens with one attached hydrogen (secondary N) is 2. The molecule has 2 aliphatic rings. The molecule has 5 nitrogen and oxygen atoms in total. The van der Waals surface area contributed by atoms with Crippen molar-refractivity contribution in [1.29, 1.82) is 0 Å². The highest BCUT2D eigenvalue weighted by molar-refractivity contribution is 6.34. The van der Waals surface area contributed by atoms with E-state index in [1.165, 1.54) is 18.2 Å². The van der Waals surface area contributed by atoms with Crippen LogP contribution in [0.4, 0.5) is 10.1 Å². The number of carboxylic acids is 1. The summed E-state index contributed by atoms with van der Waals surface area (Å²) in [4.78, 5) is 25.5. The molecule has 0 saturated carbocycles. The predicted molar refractivity (Wildman–Crippen MR) is 123 cm³/mol. The number of hydrogen-bond acceptors (Lipinski definition) is 3. The first-order valence-electron chi connectivity index (χ1n) is 10.5. The van der Waals surface area contributed by atoms with E-state index in [9.17, 15) is 14.7 Å². The number of carboxylic acid groups (broad SMARTS) is 1. The summed E-state index contributed by atoms with van der Waals surface area (Å²) < 4.78 is 15.2. The maximum Gasteiger partial charge on any atom is 0.337 e. The van der Waals surface area contributed by atoms with E-state index in [0.29, 0.717) is 29.8 Å². The highest BCUT2D eigenvalue weighted by Gasteiger charge is 2.61. The molecule has 3 atom stereocenters. The van der Waals surface area contributed by atoms with Gasteiger partial charge in [-0.15, -0.1) is 0 Å². The first kappa shape index (κ1) is 23.0. The fraction of sp³-hybridized carbons (Fsp3) is 0.417.